The summed E-state index contributed by atoms with van der Waals surface area (Å²) in [6.45, 7) is 0.817. The number of hydrogen-bond donors (Lipinski definition) is 0. The van der Waals surface area contributed by atoms with Gasteiger partial charge in [-0.2, -0.15) is 0 Å². The van der Waals surface area contributed by atoms with Crippen molar-refractivity contribution in [1.29, 1.82) is 0 Å². The van der Waals surface area contributed by atoms with Crippen LogP contribution in [0.25, 0.3) is 0 Å². The van der Waals surface area contributed by atoms with Gasteiger partial charge in [-0.1, -0.05) is 78.9 Å². The largest absolute Gasteiger partial charge is 0.532 e. The quantitative estimate of drug-likeness (QED) is 0.642. The van der Waals surface area contributed by atoms with E-state index in [1.54, 1.807) is 0 Å². The first kappa shape index (κ1) is 17.1. The molecule has 0 amide bonds. The first-order valence-corrected chi connectivity index (χ1v) is 11.3. The maximum atomic E-state index is 6.93. The molecule has 3 heteroatoms. The van der Waals surface area contributed by atoms with E-state index in [0.29, 0.717) is 0 Å². The van der Waals surface area contributed by atoms with Crippen molar-refractivity contribution >= 4 is 18.7 Å². The van der Waals surface area contributed by atoms with Crippen LogP contribution in [0.2, 0.25) is 0 Å². The Kier molecular flexibility index (Phi) is 5.18. The van der Waals surface area contributed by atoms with Crippen LogP contribution in [0.15, 0.2) is 91.0 Å². The first-order chi connectivity index (χ1) is 12.9. The Morgan fingerprint density at radius 3 is 1.73 bits per heavy atom. The fourth-order valence-corrected chi connectivity index (χ4v) is 8.12. The molecule has 1 unspecified atom stereocenters. The smallest absolute Gasteiger partial charge is 0.343 e. The highest BCUT2D eigenvalue weighted by molar-refractivity contribution is 6.99. The first-order valence-electron chi connectivity index (χ1n) is 9.36. The van der Waals surface area contributed by atoms with Gasteiger partial charge in [0.25, 0.3) is 0 Å². The SMILES string of the molecule is c1ccc(O[Si](c2ccccc2)(c2ccccc2)C2CCCCO2)cc1. The highest BCUT2D eigenvalue weighted by atomic mass is 28.4. The Morgan fingerprint density at radius 2 is 1.23 bits per heavy atom. The second-order valence-electron chi connectivity index (χ2n) is 6.74. The molecule has 1 aliphatic heterocycles. The van der Waals surface area contributed by atoms with E-state index in [0.717, 1.165) is 25.2 Å². The average molecular weight is 361 g/mol. The minimum atomic E-state index is -2.61. The van der Waals surface area contributed by atoms with Gasteiger partial charge in [0.05, 0.1) is 5.73 Å². The van der Waals surface area contributed by atoms with Crippen molar-refractivity contribution in [3.05, 3.63) is 91.0 Å². The zero-order chi connectivity index (χ0) is 17.7. The zero-order valence-electron chi connectivity index (χ0n) is 14.9. The molecule has 0 spiro atoms. The lowest BCUT2D eigenvalue weighted by Crippen LogP contribution is -2.72. The average Bonchev–Trinajstić information content (AvgIpc) is 2.75. The Labute approximate surface area is 156 Å². The molecule has 1 aliphatic rings. The van der Waals surface area contributed by atoms with Crippen LogP contribution in [0, 0.1) is 0 Å². The molecule has 1 atom stereocenters. The molecule has 1 heterocycles. The molecule has 0 aliphatic carbocycles. The predicted octanol–water partition coefficient (Wildman–Crippen LogP) is 3.93. The van der Waals surface area contributed by atoms with Gasteiger partial charge in [-0.05, 0) is 41.8 Å². The zero-order valence-corrected chi connectivity index (χ0v) is 15.9. The van der Waals surface area contributed by atoms with Crippen LogP contribution >= 0.6 is 0 Å². The van der Waals surface area contributed by atoms with Crippen LogP contribution < -0.4 is 14.8 Å². The number of rotatable bonds is 5. The van der Waals surface area contributed by atoms with Crippen molar-refractivity contribution in [2.24, 2.45) is 0 Å². The topological polar surface area (TPSA) is 18.5 Å². The van der Waals surface area contributed by atoms with Gasteiger partial charge in [0.1, 0.15) is 5.75 Å². The molecule has 3 aromatic rings. The minimum absolute atomic E-state index is 0.112. The van der Waals surface area contributed by atoms with Gasteiger partial charge >= 0.3 is 8.32 Å². The van der Waals surface area contributed by atoms with Crippen LogP contribution in [0.3, 0.4) is 0 Å². The molecule has 1 fully saturated rings. The lowest BCUT2D eigenvalue weighted by Gasteiger charge is -2.40. The van der Waals surface area contributed by atoms with Crippen molar-refractivity contribution in [2.45, 2.75) is 25.0 Å². The monoisotopic (exact) mass is 360 g/mol. The van der Waals surface area contributed by atoms with E-state index in [4.69, 9.17) is 9.16 Å². The minimum Gasteiger partial charge on any atom is -0.532 e. The number of hydrogen-bond acceptors (Lipinski definition) is 2. The summed E-state index contributed by atoms with van der Waals surface area (Å²) in [6.07, 6.45) is 3.37. The van der Waals surface area contributed by atoms with Crippen LogP contribution in [-0.4, -0.2) is 20.7 Å². The molecule has 0 aromatic heterocycles. The predicted molar refractivity (Wildman–Crippen MR) is 109 cm³/mol. The highest BCUT2D eigenvalue weighted by Crippen LogP contribution is 2.26. The summed E-state index contributed by atoms with van der Waals surface area (Å²) >= 11 is 0. The molecule has 4 rings (SSSR count). The number of ether oxygens (including phenoxy) is 1. The lowest BCUT2D eigenvalue weighted by atomic mass is 10.2. The molecule has 2 nitrogen and oxygen atoms in total. The molecular weight excluding hydrogens is 336 g/mol. The Hall–Kier alpha value is -2.36. The highest BCUT2D eigenvalue weighted by Gasteiger charge is 2.50. The van der Waals surface area contributed by atoms with E-state index in [1.807, 2.05) is 18.2 Å². The standard InChI is InChI=1S/C23H24O2Si/c1-4-12-20(13-5-1)25-26(21-14-6-2-7-15-21,22-16-8-3-9-17-22)23-18-10-11-19-24-23/h1-9,12-17,23H,10-11,18-19H2. The summed E-state index contributed by atoms with van der Waals surface area (Å²) in [5.41, 5.74) is 0.112. The third kappa shape index (κ3) is 3.33. The van der Waals surface area contributed by atoms with E-state index in [2.05, 4.69) is 72.8 Å². The maximum Gasteiger partial charge on any atom is 0.343 e. The van der Waals surface area contributed by atoms with Crippen LogP contribution in [0.4, 0.5) is 0 Å². The Bertz CT molecular complexity index is 760. The molecule has 0 radical (unpaired) electrons. The van der Waals surface area contributed by atoms with E-state index < -0.39 is 8.32 Å². The van der Waals surface area contributed by atoms with E-state index in [1.165, 1.54) is 16.8 Å². The van der Waals surface area contributed by atoms with Gasteiger partial charge in [0, 0.05) is 6.61 Å². The number of para-hydroxylation sites is 1. The van der Waals surface area contributed by atoms with E-state index >= 15 is 0 Å². The van der Waals surface area contributed by atoms with Gasteiger partial charge in [-0.25, -0.2) is 0 Å². The van der Waals surface area contributed by atoms with Crippen molar-refractivity contribution in [2.75, 3.05) is 6.61 Å². The molecule has 0 bridgehead atoms. The van der Waals surface area contributed by atoms with Crippen LogP contribution in [0.5, 0.6) is 5.75 Å². The van der Waals surface area contributed by atoms with Crippen molar-refractivity contribution in [1.82, 2.24) is 0 Å². The second kappa shape index (κ2) is 7.90. The summed E-state index contributed by atoms with van der Waals surface area (Å²) < 4.78 is 13.3. The van der Waals surface area contributed by atoms with Gasteiger partial charge in [0.15, 0.2) is 0 Å². The summed E-state index contributed by atoms with van der Waals surface area (Å²) in [7, 11) is -2.61. The summed E-state index contributed by atoms with van der Waals surface area (Å²) in [5.74, 6) is 0.918. The van der Waals surface area contributed by atoms with Gasteiger partial charge in [-0.15, -0.1) is 0 Å². The third-order valence-corrected chi connectivity index (χ3v) is 9.36. The lowest BCUT2D eigenvalue weighted by molar-refractivity contribution is 0.0547. The molecular formula is C23H24O2Si. The number of benzene rings is 3. The summed E-state index contributed by atoms with van der Waals surface area (Å²) in [4.78, 5) is 0. The maximum absolute atomic E-state index is 6.93. The normalized spacial score (nSPS) is 17.6. The van der Waals surface area contributed by atoms with Gasteiger partial charge in [-0.3, -0.25) is 0 Å². The fraction of sp³-hybridized carbons (Fsp3) is 0.217. The van der Waals surface area contributed by atoms with E-state index in [-0.39, 0.29) is 5.73 Å². The Morgan fingerprint density at radius 1 is 0.692 bits per heavy atom. The summed E-state index contributed by atoms with van der Waals surface area (Å²) in [5, 5.41) is 2.53. The molecule has 0 N–H and O–H groups in total. The van der Waals surface area contributed by atoms with Crippen LogP contribution in [-0.2, 0) is 4.74 Å². The third-order valence-electron chi connectivity index (χ3n) is 5.06. The molecule has 26 heavy (non-hydrogen) atoms. The summed E-state index contributed by atoms with van der Waals surface area (Å²) in [6, 6.07) is 31.6. The fourth-order valence-electron chi connectivity index (χ4n) is 3.83. The van der Waals surface area contributed by atoms with Gasteiger partial charge < -0.3 is 9.16 Å². The van der Waals surface area contributed by atoms with Crippen molar-refractivity contribution in [3.8, 4) is 5.75 Å². The Balaban J connectivity index is 1.90. The van der Waals surface area contributed by atoms with Crippen molar-refractivity contribution < 1.29 is 9.16 Å². The van der Waals surface area contributed by atoms with E-state index in [9.17, 15) is 0 Å². The molecule has 1 saturated heterocycles. The molecule has 132 valence electrons. The van der Waals surface area contributed by atoms with Crippen molar-refractivity contribution in [3.63, 3.8) is 0 Å². The van der Waals surface area contributed by atoms with Gasteiger partial charge in [0.2, 0.25) is 0 Å². The molecule has 3 aromatic carbocycles. The van der Waals surface area contributed by atoms with Crippen LogP contribution in [0.1, 0.15) is 19.3 Å². The second-order valence-corrected chi connectivity index (χ2v) is 10.2. The molecule has 0 saturated carbocycles.